The van der Waals surface area contributed by atoms with Gasteiger partial charge in [0.2, 0.25) is 0 Å². The van der Waals surface area contributed by atoms with Gasteiger partial charge in [-0.05, 0) is 19.1 Å². The van der Waals surface area contributed by atoms with Gasteiger partial charge in [-0.2, -0.15) is 4.98 Å². The third kappa shape index (κ3) is 3.58. The highest BCUT2D eigenvalue weighted by Gasteiger charge is 2.13. The number of ether oxygens (including phenoxy) is 1. The highest BCUT2D eigenvalue weighted by atomic mass is 79.9. The average Bonchev–Trinajstić information content (AvgIpc) is 2.85. The van der Waals surface area contributed by atoms with Crippen molar-refractivity contribution in [1.82, 2.24) is 10.1 Å². The van der Waals surface area contributed by atoms with Gasteiger partial charge in [0, 0.05) is 22.0 Å². The van der Waals surface area contributed by atoms with Crippen LogP contribution in [0.15, 0.2) is 27.2 Å². The molecular weight excluding hydrogens is 322 g/mol. The lowest BCUT2D eigenvalue weighted by molar-refractivity contribution is 0.239. The maximum atomic E-state index is 5.93. The van der Waals surface area contributed by atoms with Crippen molar-refractivity contribution in [2.45, 2.75) is 39.3 Å². The Bertz CT molecular complexity index is 582. The number of nitrogens with two attached hydrogens (primary N) is 1. The highest BCUT2D eigenvalue weighted by molar-refractivity contribution is 9.10. The van der Waals surface area contributed by atoms with Gasteiger partial charge in [0.1, 0.15) is 5.75 Å². The number of rotatable bonds is 5. The molecule has 0 radical (unpaired) electrons. The maximum Gasteiger partial charge on any atom is 0.264 e. The molecule has 0 aliphatic carbocycles. The largest absolute Gasteiger partial charge is 0.483 e. The second-order valence-electron chi connectivity index (χ2n) is 4.96. The van der Waals surface area contributed by atoms with Gasteiger partial charge < -0.3 is 15.0 Å². The average molecular weight is 340 g/mol. The summed E-state index contributed by atoms with van der Waals surface area (Å²) < 4.78 is 11.8. The molecule has 1 aromatic carbocycles. The van der Waals surface area contributed by atoms with Crippen LogP contribution in [-0.2, 0) is 6.61 Å². The van der Waals surface area contributed by atoms with Gasteiger partial charge in [0.25, 0.3) is 5.89 Å². The fraction of sp³-hybridized carbons (Fsp3) is 0.429. The van der Waals surface area contributed by atoms with Crippen molar-refractivity contribution >= 4 is 15.9 Å². The lowest BCUT2D eigenvalue weighted by Crippen LogP contribution is -2.08. The van der Waals surface area contributed by atoms with Crippen LogP contribution in [0.3, 0.4) is 0 Å². The molecule has 1 atom stereocenters. The number of nitrogens with zero attached hydrogens (tertiary/aromatic N) is 2. The molecule has 1 heterocycles. The van der Waals surface area contributed by atoms with Crippen LogP contribution in [0, 0.1) is 0 Å². The molecular formula is C14H18BrN3O2. The van der Waals surface area contributed by atoms with E-state index >= 15 is 0 Å². The summed E-state index contributed by atoms with van der Waals surface area (Å²) in [6.45, 7) is 6.17. The van der Waals surface area contributed by atoms with E-state index < -0.39 is 0 Å². The van der Waals surface area contributed by atoms with Crippen molar-refractivity contribution in [3.8, 4) is 5.75 Å². The van der Waals surface area contributed by atoms with Gasteiger partial charge in [-0.3, -0.25) is 0 Å². The fourth-order valence-electron chi connectivity index (χ4n) is 1.71. The van der Waals surface area contributed by atoms with Crippen molar-refractivity contribution in [3.05, 3.63) is 40.0 Å². The van der Waals surface area contributed by atoms with Gasteiger partial charge in [0.15, 0.2) is 12.4 Å². The van der Waals surface area contributed by atoms with Crippen LogP contribution >= 0.6 is 15.9 Å². The number of aromatic nitrogens is 2. The molecule has 0 saturated heterocycles. The summed E-state index contributed by atoms with van der Waals surface area (Å²) in [5.41, 5.74) is 6.87. The SMILES string of the molecule is CC(C)c1noc(COc2cc(Br)ccc2[C@H](C)N)n1. The molecule has 2 N–H and O–H groups in total. The first-order chi connectivity index (χ1) is 9.47. The predicted octanol–water partition coefficient (Wildman–Crippen LogP) is 3.55. The Morgan fingerprint density at radius 3 is 2.70 bits per heavy atom. The summed E-state index contributed by atoms with van der Waals surface area (Å²) in [6.07, 6.45) is 0. The minimum absolute atomic E-state index is 0.105. The van der Waals surface area contributed by atoms with E-state index in [0.717, 1.165) is 15.8 Å². The van der Waals surface area contributed by atoms with E-state index in [9.17, 15) is 0 Å². The normalized spacial score (nSPS) is 12.7. The first kappa shape index (κ1) is 15.0. The van der Waals surface area contributed by atoms with E-state index in [4.69, 9.17) is 15.0 Å². The van der Waals surface area contributed by atoms with Crippen LogP contribution in [0.1, 0.15) is 50.0 Å². The predicted molar refractivity (Wildman–Crippen MR) is 79.5 cm³/mol. The molecule has 0 saturated carbocycles. The molecule has 2 aromatic rings. The van der Waals surface area contributed by atoms with Crippen molar-refractivity contribution in [1.29, 1.82) is 0 Å². The van der Waals surface area contributed by atoms with Gasteiger partial charge in [-0.25, -0.2) is 0 Å². The summed E-state index contributed by atoms with van der Waals surface area (Å²) in [5, 5.41) is 3.90. The Kier molecular flexibility index (Phi) is 4.77. The van der Waals surface area contributed by atoms with E-state index in [1.165, 1.54) is 0 Å². The quantitative estimate of drug-likeness (QED) is 0.901. The van der Waals surface area contributed by atoms with Crippen LogP contribution in [0.5, 0.6) is 5.75 Å². The fourth-order valence-corrected chi connectivity index (χ4v) is 2.05. The molecule has 2 rings (SSSR count). The Balaban J connectivity index is 2.11. The standard InChI is InChI=1S/C14H18BrN3O2/c1-8(2)14-17-13(20-18-14)7-19-12-6-10(15)4-5-11(12)9(3)16/h4-6,8-9H,7,16H2,1-3H3/t9-/m0/s1. The minimum atomic E-state index is -0.105. The van der Waals surface area contributed by atoms with Crippen molar-refractivity contribution in [2.75, 3.05) is 0 Å². The molecule has 6 heteroatoms. The van der Waals surface area contributed by atoms with Crippen molar-refractivity contribution in [2.24, 2.45) is 5.73 Å². The van der Waals surface area contributed by atoms with E-state index in [1.54, 1.807) is 0 Å². The van der Waals surface area contributed by atoms with Crippen LogP contribution in [0.2, 0.25) is 0 Å². The lowest BCUT2D eigenvalue weighted by atomic mass is 10.1. The van der Waals surface area contributed by atoms with Crippen molar-refractivity contribution in [3.63, 3.8) is 0 Å². The Morgan fingerprint density at radius 1 is 1.35 bits per heavy atom. The monoisotopic (exact) mass is 339 g/mol. The highest BCUT2D eigenvalue weighted by Crippen LogP contribution is 2.28. The molecule has 108 valence electrons. The van der Waals surface area contributed by atoms with Gasteiger partial charge in [-0.15, -0.1) is 0 Å². The molecule has 0 unspecified atom stereocenters. The summed E-state index contributed by atoms with van der Waals surface area (Å²) in [7, 11) is 0. The third-order valence-corrected chi connectivity index (χ3v) is 3.31. The van der Waals surface area contributed by atoms with E-state index in [2.05, 4.69) is 26.1 Å². The molecule has 0 amide bonds. The number of hydrogen-bond acceptors (Lipinski definition) is 5. The molecule has 0 bridgehead atoms. The Labute approximate surface area is 126 Å². The summed E-state index contributed by atoms with van der Waals surface area (Å²) in [4.78, 5) is 4.28. The first-order valence-corrected chi connectivity index (χ1v) is 7.27. The molecule has 0 spiro atoms. The summed E-state index contributed by atoms with van der Waals surface area (Å²) in [5.74, 6) is 2.10. The molecule has 0 fully saturated rings. The Morgan fingerprint density at radius 2 is 2.10 bits per heavy atom. The lowest BCUT2D eigenvalue weighted by Gasteiger charge is -2.13. The van der Waals surface area contributed by atoms with Gasteiger partial charge in [0.05, 0.1) is 0 Å². The van der Waals surface area contributed by atoms with Crippen LogP contribution in [-0.4, -0.2) is 10.1 Å². The smallest absolute Gasteiger partial charge is 0.264 e. The maximum absolute atomic E-state index is 5.93. The number of benzene rings is 1. The molecule has 0 aliphatic rings. The second-order valence-corrected chi connectivity index (χ2v) is 5.88. The van der Waals surface area contributed by atoms with E-state index in [0.29, 0.717) is 11.7 Å². The van der Waals surface area contributed by atoms with Gasteiger partial charge in [-0.1, -0.05) is 41.0 Å². The third-order valence-electron chi connectivity index (χ3n) is 2.82. The summed E-state index contributed by atoms with van der Waals surface area (Å²) >= 11 is 3.42. The van der Waals surface area contributed by atoms with Crippen LogP contribution in [0.25, 0.3) is 0 Å². The molecule has 1 aromatic heterocycles. The zero-order valence-corrected chi connectivity index (χ0v) is 13.3. The van der Waals surface area contributed by atoms with Gasteiger partial charge >= 0.3 is 0 Å². The minimum Gasteiger partial charge on any atom is -0.483 e. The topological polar surface area (TPSA) is 74.2 Å². The van der Waals surface area contributed by atoms with Crippen molar-refractivity contribution < 1.29 is 9.26 Å². The number of halogens is 1. The number of hydrogen-bond donors (Lipinski definition) is 1. The van der Waals surface area contributed by atoms with E-state index in [1.807, 2.05) is 39.0 Å². The molecule has 20 heavy (non-hydrogen) atoms. The zero-order chi connectivity index (χ0) is 14.7. The first-order valence-electron chi connectivity index (χ1n) is 6.47. The van der Waals surface area contributed by atoms with Crippen LogP contribution < -0.4 is 10.5 Å². The van der Waals surface area contributed by atoms with Crippen LogP contribution in [0.4, 0.5) is 0 Å². The zero-order valence-electron chi connectivity index (χ0n) is 11.8. The molecule has 0 aliphatic heterocycles. The molecule has 5 nitrogen and oxygen atoms in total. The second kappa shape index (κ2) is 6.37. The Hall–Kier alpha value is -1.40. The summed E-state index contributed by atoms with van der Waals surface area (Å²) in [6, 6.07) is 5.66. The van der Waals surface area contributed by atoms with E-state index in [-0.39, 0.29) is 18.6 Å².